The third-order valence-corrected chi connectivity index (χ3v) is 6.50. The van der Waals surface area contributed by atoms with Crippen molar-refractivity contribution in [3.8, 4) is 0 Å². The number of hydrogen-bond donors (Lipinski definition) is 1. The average Bonchev–Trinajstić information content (AvgIpc) is 2.84. The summed E-state index contributed by atoms with van der Waals surface area (Å²) in [7, 11) is -2.11. The molecule has 0 bridgehead atoms. The number of nitrogens with two attached hydrogens (primary N) is 1. The van der Waals surface area contributed by atoms with Gasteiger partial charge in [-0.15, -0.1) is 11.3 Å². The maximum atomic E-state index is 12.7. The Morgan fingerprint density at radius 3 is 2.67 bits per heavy atom. The van der Waals surface area contributed by atoms with E-state index in [2.05, 4.69) is 15.9 Å². The largest absolute Gasteiger partial charge is 0.389 e. The molecule has 1 heterocycles. The summed E-state index contributed by atoms with van der Waals surface area (Å²) < 4.78 is 27.6. The van der Waals surface area contributed by atoms with Crippen molar-refractivity contribution in [3.63, 3.8) is 0 Å². The van der Waals surface area contributed by atoms with E-state index in [4.69, 9.17) is 18.0 Å². The van der Waals surface area contributed by atoms with Crippen molar-refractivity contribution in [2.24, 2.45) is 5.73 Å². The molecule has 8 heteroatoms. The fourth-order valence-corrected chi connectivity index (χ4v) is 4.64. The van der Waals surface area contributed by atoms with Crippen molar-refractivity contribution in [1.82, 2.24) is 4.31 Å². The van der Waals surface area contributed by atoms with Gasteiger partial charge in [-0.3, -0.25) is 0 Å². The minimum atomic E-state index is -3.65. The van der Waals surface area contributed by atoms with Gasteiger partial charge in [-0.1, -0.05) is 30.4 Å². The van der Waals surface area contributed by atoms with Crippen molar-refractivity contribution in [2.45, 2.75) is 11.4 Å². The summed E-state index contributed by atoms with van der Waals surface area (Å²) in [5.41, 5.74) is 6.90. The van der Waals surface area contributed by atoms with Crippen LogP contribution in [0.15, 0.2) is 44.4 Å². The van der Waals surface area contributed by atoms with Crippen LogP contribution < -0.4 is 5.73 Å². The van der Waals surface area contributed by atoms with E-state index >= 15 is 0 Å². The maximum Gasteiger partial charge on any atom is 0.243 e. The highest BCUT2D eigenvalue weighted by atomic mass is 79.9. The Morgan fingerprint density at radius 2 is 2.10 bits per heavy atom. The first-order valence-electron chi connectivity index (χ1n) is 5.90. The molecule has 0 spiro atoms. The standard InChI is InChI=1S/C13H13BrN2O2S3/c1-16(7-9-6-12(14)20-8-9)21(17,18)11-5-3-2-4-10(11)13(15)19/h2-6,8H,7H2,1H3,(H2,15,19). The van der Waals surface area contributed by atoms with Crippen LogP contribution in [0.25, 0.3) is 0 Å². The van der Waals surface area contributed by atoms with Crippen LogP contribution in [0.1, 0.15) is 11.1 Å². The lowest BCUT2D eigenvalue weighted by Gasteiger charge is -2.18. The van der Waals surface area contributed by atoms with Gasteiger partial charge < -0.3 is 5.73 Å². The van der Waals surface area contributed by atoms with Crippen molar-refractivity contribution >= 4 is 54.5 Å². The Morgan fingerprint density at radius 1 is 1.43 bits per heavy atom. The first-order valence-corrected chi connectivity index (χ1v) is 9.42. The second-order valence-corrected chi connectivity index (χ2v) is 9.12. The van der Waals surface area contributed by atoms with Gasteiger partial charge in [0.05, 0.1) is 8.68 Å². The molecule has 0 aliphatic heterocycles. The van der Waals surface area contributed by atoms with E-state index < -0.39 is 10.0 Å². The Kier molecular flexibility index (Phi) is 5.15. The van der Waals surface area contributed by atoms with Crippen LogP contribution in [-0.2, 0) is 16.6 Å². The molecule has 1 aromatic carbocycles. The number of hydrogen-bond acceptors (Lipinski definition) is 4. The molecule has 0 radical (unpaired) electrons. The highest BCUT2D eigenvalue weighted by Gasteiger charge is 2.24. The van der Waals surface area contributed by atoms with Crippen molar-refractivity contribution in [2.75, 3.05) is 7.05 Å². The number of benzene rings is 1. The summed E-state index contributed by atoms with van der Waals surface area (Å²) in [5.74, 6) is 0. The molecule has 112 valence electrons. The molecule has 0 aliphatic rings. The van der Waals surface area contributed by atoms with Crippen LogP contribution in [0.5, 0.6) is 0 Å². The minimum absolute atomic E-state index is 0.0702. The number of sulfonamides is 1. The van der Waals surface area contributed by atoms with Crippen LogP contribution in [0.2, 0.25) is 0 Å². The summed E-state index contributed by atoms with van der Waals surface area (Å²) >= 11 is 9.81. The molecule has 2 N–H and O–H groups in total. The fraction of sp³-hybridized carbons (Fsp3) is 0.154. The predicted molar refractivity (Wildman–Crippen MR) is 93.0 cm³/mol. The van der Waals surface area contributed by atoms with Crippen LogP contribution >= 0.6 is 39.5 Å². The average molecular weight is 405 g/mol. The van der Waals surface area contributed by atoms with Gasteiger partial charge in [0.1, 0.15) is 4.99 Å². The Hall–Kier alpha value is -0.800. The molecule has 0 saturated carbocycles. The molecule has 0 unspecified atom stereocenters. The molecular weight excluding hydrogens is 392 g/mol. The third kappa shape index (κ3) is 3.70. The molecule has 21 heavy (non-hydrogen) atoms. The van der Waals surface area contributed by atoms with Gasteiger partial charge in [0.2, 0.25) is 10.0 Å². The number of thiocarbonyl (C=S) groups is 1. The SMILES string of the molecule is CN(Cc1csc(Br)c1)S(=O)(=O)c1ccccc1C(N)=S. The number of halogens is 1. The van der Waals surface area contributed by atoms with E-state index in [1.807, 2.05) is 11.4 Å². The summed E-state index contributed by atoms with van der Waals surface area (Å²) in [4.78, 5) is 0.204. The van der Waals surface area contributed by atoms with Crippen LogP contribution in [0.4, 0.5) is 0 Å². The lowest BCUT2D eigenvalue weighted by molar-refractivity contribution is 0.467. The van der Waals surface area contributed by atoms with E-state index in [1.165, 1.54) is 28.8 Å². The highest BCUT2D eigenvalue weighted by molar-refractivity contribution is 9.11. The first-order chi connectivity index (χ1) is 9.82. The normalized spacial score (nSPS) is 11.8. The Balaban J connectivity index is 2.35. The predicted octanol–water partition coefficient (Wildman–Crippen LogP) is 2.97. The van der Waals surface area contributed by atoms with Gasteiger partial charge in [-0.25, -0.2) is 8.42 Å². The summed E-state index contributed by atoms with van der Waals surface area (Å²) in [6.07, 6.45) is 0. The molecule has 0 atom stereocenters. The summed E-state index contributed by atoms with van der Waals surface area (Å²) in [5, 5.41) is 1.91. The van der Waals surface area contributed by atoms with Gasteiger partial charge in [0.15, 0.2) is 0 Å². The van der Waals surface area contributed by atoms with Gasteiger partial charge in [-0.05, 0) is 39.0 Å². The lowest BCUT2D eigenvalue weighted by Crippen LogP contribution is -2.28. The fourth-order valence-electron chi connectivity index (χ4n) is 1.83. The van der Waals surface area contributed by atoms with E-state index in [0.717, 1.165) is 9.35 Å². The summed E-state index contributed by atoms with van der Waals surface area (Å²) in [6, 6.07) is 8.40. The topological polar surface area (TPSA) is 63.4 Å². The second-order valence-electron chi connectivity index (χ2n) is 4.38. The van der Waals surface area contributed by atoms with Gasteiger partial charge in [0.25, 0.3) is 0 Å². The molecule has 2 aromatic rings. The zero-order valence-electron chi connectivity index (χ0n) is 11.1. The van der Waals surface area contributed by atoms with E-state index in [0.29, 0.717) is 5.56 Å². The molecular formula is C13H13BrN2O2S3. The number of thiophene rings is 1. The van der Waals surface area contributed by atoms with Gasteiger partial charge in [-0.2, -0.15) is 4.31 Å². The summed E-state index contributed by atoms with van der Waals surface area (Å²) in [6.45, 7) is 0.288. The molecule has 0 saturated heterocycles. The molecule has 0 fully saturated rings. The smallest absolute Gasteiger partial charge is 0.243 e. The van der Waals surface area contributed by atoms with E-state index in [9.17, 15) is 8.42 Å². The monoisotopic (exact) mass is 404 g/mol. The van der Waals surface area contributed by atoms with Crippen molar-refractivity contribution < 1.29 is 8.42 Å². The molecule has 0 amide bonds. The molecule has 1 aromatic heterocycles. The van der Waals surface area contributed by atoms with Gasteiger partial charge in [0, 0.05) is 19.2 Å². The van der Waals surface area contributed by atoms with E-state index in [-0.39, 0.29) is 16.4 Å². The van der Waals surface area contributed by atoms with Crippen LogP contribution in [0.3, 0.4) is 0 Å². The first kappa shape index (κ1) is 16.6. The second kappa shape index (κ2) is 6.53. The Bertz CT molecular complexity index is 771. The van der Waals surface area contributed by atoms with E-state index in [1.54, 1.807) is 18.2 Å². The number of nitrogens with zero attached hydrogens (tertiary/aromatic N) is 1. The van der Waals surface area contributed by atoms with Crippen molar-refractivity contribution in [1.29, 1.82) is 0 Å². The quantitative estimate of drug-likeness (QED) is 0.777. The lowest BCUT2D eigenvalue weighted by atomic mass is 10.2. The van der Waals surface area contributed by atoms with Crippen molar-refractivity contribution in [3.05, 3.63) is 50.6 Å². The maximum absolute atomic E-state index is 12.7. The zero-order chi connectivity index (χ0) is 15.6. The molecule has 0 aliphatic carbocycles. The Labute approximate surface area is 141 Å². The zero-order valence-corrected chi connectivity index (χ0v) is 15.2. The van der Waals surface area contributed by atoms with Gasteiger partial charge >= 0.3 is 0 Å². The molecule has 2 rings (SSSR count). The minimum Gasteiger partial charge on any atom is -0.389 e. The van der Waals surface area contributed by atoms with Crippen LogP contribution in [-0.4, -0.2) is 24.8 Å². The highest BCUT2D eigenvalue weighted by Crippen LogP contribution is 2.24. The number of rotatable bonds is 5. The third-order valence-electron chi connectivity index (χ3n) is 2.87. The van der Waals surface area contributed by atoms with Crippen LogP contribution in [0, 0.1) is 0 Å². The molecule has 4 nitrogen and oxygen atoms in total.